The van der Waals surface area contributed by atoms with Crippen molar-refractivity contribution in [3.63, 3.8) is 0 Å². The number of benzene rings is 1. The van der Waals surface area contributed by atoms with Gasteiger partial charge >= 0.3 is 0 Å². The van der Waals surface area contributed by atoms with Gasteiger partial charge in [-0.2, -0.15) is 0 Å². The Labute approximate surface area is 125 Å². The van der Waals surface area contributed by atoms with Gasteiger partial charge in [0.2, 0.25) is 10.0 Å². The number of aryl methyl sites for hydroxylation is 2. The average Bonchev–Trinajstić information content (AvgIpc) is 2.97. The smallest absolute Gasteiger partial charge is 0.240 e. The summed E-state index contributed by atoms with van der Waals surface area (Å²) in [6.07, 6.45) is 3.00. The van der Waals surface area contributed by atoms with Crippen LogP contribution in [0.3, 0.4) is 0 Å². The second-order valence-electron chi connectivity index (χ2n) is 4.71. The molecule has 6 heteroatoms. The van der Waals surface area contributed by atoms with Gasteiger partial charge in [0.15, 0.2) is 0 Å². The summed E-state index contributed by atoms with van der Waals surface area (Å²) in [6.45, 7) is 2.18. The van der Waals surface area contributed by atoms with Crippen LogP contribution in [0.1, 0.15) is 17.7 Å². The zero-order chi connectivity index (χ0) is 15.3. The van der Waals surface area contributed by atoms with Crippen LogP contribution in [0.5, 0.6) is 5.75 Å². The maximum absolute atomic E-state index is 12.2. The second-order valence-corrected chi connectivity index (χ2v) is 6.48. The van der Waals surface area contributed by atoms with E-state index >= 15 is 0 Å². The van der Waals surface area contributed by atoms with E-state index in [9.17, 15) is 8.42 Å². The lowest BCUT2D eigenvalue weighted by molar-refractivity contribution is 0.411. The SMILES string of the molecule is COc1ccc(S(=O)(=O)NCCCc2ccco2)cc1C. The summed E-state index contributed by atoms with van der Waals surface area (Å²) >= 11 is 0. The maximum Gasteiger partial charge on any atom is 0.240 e. The molecule has 0 aliphatic carbocycles. The fourth-order valence-corrected chi connectivity index (χ4v) is 3.18. The van der Waals surface area contributed by atoms with Crippen LogP contribution in [0.25, 0.3) is 0 Å². The zero-order valence-corrected chi connectivity index (χ0v) is 12.9. The topological polar surface area (TPSA) is 68.5 Å². The molecule has 5 nitrogen and oxygen atoms in total. The highest BCUT2D eigenvalue weighted by atomic mass is 32.2. The molecule has 1 N–H and O–H groups in total. The molecule has 1 heterocycles. The van der Waals surface area contributed by atoms with Crippen LogP contribution >= 0.6 is 0 Å². The minimum absolute atomic E-state index is 0.249. The third-order valence-corrected chi connectivity index (χ3v) is 4.61. The standard InChI is InChI=1S/C15H19NO4S/c1-12-11-14(7-8-15(12)19-2)21(17,18)16-9-3-5-13-6-4-10-20-13/h4,6-8,10-11,16H,3,5,9H2,1-2H3. The lowest BCUT2D eigenvalue weighted by Crippen LogP contribution is -2.25. The molecule has 0 aliphatic rings. The summed E-state index contributed by atoms with van der Waals surface area (Å²) < 4.78 is 37.3. The number of hydrogen-bond donors (Lipinski definition) is 1. The first-order valence-corrected chi connectivity index (χ1v) is 8.18. The van der Waals surface area contributed by atoms with Crippen LogP contribution in [0.2, 0.25) is 0 Å². The minimum Gasteiger partial charge on any atom is -0.496 e. The Hall–Kier alpha value is -1.79. The Balaban J connectivity index is 1.93. The highest BCUT2D eigenvalue weighted by Gasteiger charge is 2.14. The van der Waals surface area contributed by atoms with E-state index < -0.39 is 10.0 Å². The Morgan fingerprint density at radius 1 is 1.29 bits per heavy atom. The summed E-state index contributed by atoms with van der Waals surface area (Å²) in [5.74, 6) is 1.53. The highest BCUT2D eigenvalue weighted by Crippen LogP contribution is 2.21. The summed E-state index contributed by atoms with van der Waals surface area (Å²) in [4.78, 5) is 0.249. The molecule has 0 saturated heterocycles. The van der Waals surface area contributed by atoms with Gasteiger partial charge in [0.1, 0.15) is 11.5 Å². The van der Waals surface area contributed by atoms with Gasteiger partial charge in [-0.1, -0.05) is 0 Å². The van der Waals surface area contributed by atoms with Gasteiger partial charge in [-0.05, 0) is 49.2 Å². The van der Waals surface area contributed by atoms with Crippen LogP contribution in [0.15, 0.2) is 45.9 Å². The fourth-order valence-electron chi connectivity index (χ4n) is 2.03. The fraction of sp³-hybridized carbons (Fsp3) is 0.333. The summed E-state index contributed by atoms with van der Waals surface area (Å²) in [5, 5.41) is 0. The largest absolute Gasteiger partial charge is 0.496 e. The number of methoxy groups -OCH3 is 1. The van der Waals surface area contributed by atoms with Crippen molar-refractivity contribution in [2.45, 2.75) is 24.7 Å². The van der Waals surface area contributed by atoms with Gasteiger partial charge in [-0.3, -0.25) is 0 Å². The van der Waals surface area contributed by atoms with Crippen molar-refractivity contribution in [1.82, 2.24) is 4.72 Å². The molecular weight excluding hydrogens is 290 g/mol. The van der Waals surface area contributed by atoms with E-state index in [0.29, 0.717) is 25.1 Å². The molecule has 1 aromatic heterocycles. The summed E-state index contributed by atoms with van der Waals surface area (Å²) in [5.41, 5.74) is 0.788. The van der Waals surface area contributed by atoms with Crippen LogP contribution in [-0.2, 0) is 16.4 Å². The normalized spacial score (nSPS) is 11.5. The van der Waals surface area contributed by atoms with Crippen LogP contribution < -0.4 is 9.46 Å². The van der Waals surface area contributed by atoms with Gasteiger partial charge in [-0.15, -0.1) is 0 Å². The zero-order valence-electron chi connectivity index (χ0n) is 12.1. The van der Waals surface area contributed by atoms with Crippen molar-refractivity contribution >= 4 is 10.0 Å². The van der Waals surface area contributed by atoms with Crippen molar-refractivity contribution in [3.8, 4) is 5.75 Å². The maximum atomic E-state index is 12.2. The monoisotopic (exact) mass is 309 g/mol. The Kier molecular flexibility index (Phi) is 5.03. The van der Waals surface area contributed by atoms with E-state index in [1.807, 2.05) is 19.1 Å². The van der Waals surface area contributed by atoms with Gasteiger partial charge in [0.25, 0.3) is 0 Å². The molecule has 0 bridgehead atoms. The summed E-state index contributed by atoms with van der Waals surface area (Å²) in [7, 11) is -1.93. The Morgan fingerprint density at radius 2 is 2.10 bits per heavy atom. The number of hydrogen-bond acceptors (Lipinski definition) is 4. The Morgan fingerprint density at radius 3 is 2.71 bits per heavy atom. The molecule has 0 spiro atoms. The molecular formula is C15H19NO4S. The molecule has 2 rings (SSSR count). The van der Waals surface area contributed by atoms with Crippen molar-refractivity contribution in [2.75, 3.05) is 13.7 Å². The van der Waals surface area contributed by atoms with E-state index in [1.54, 1.807) is 31.6 Å². The summed E-state index contributed by atoms with van der Waals surface area (Å²) in [6, 6.07) is 8.50. The van der Waals surface area contributed by atoms with Gasteiger partial charge in [0, 0.05) is 13.0 Å². The number of rotatable bonds is 7. The van der Waals surface area contributed by atoms with Crippen LogP contribution in [-0.4, -0.2) is 22.1 Å². The molecule has 0 radical (unpaired) electrons. The molecule has 0 fully saturated rings. The van der Waals surface area contributed by atoms with Crippen molar-refractivity contribution in [2.24, 2.45) is 0 Å². The molecule has 0 aliphatic heterocycles. The predicted molar refractivity (Wildman–Crippen MR) is 79.9 cm³/mol. The molecule has 2 aromatic rings. The van der Waals surface area contributed by atoms with Crippen molar-refractivity contribution < 1.29 is 17.6 Å². The number of furan rings is 1. The first-order chi connectivity index (χ1) is 10.0. The molecule has 0 atom stereocenters. The van der Waals surface area contributed by atoms with E-state index in [-0.39, 0.29) is 4.90 Å². The molecule has 0 unspecified atom stereocenters. The van der Waals surface area contributed by atoms with E-state index in [4.69, 9.17) is 9.15 Å². The van der Waals surface area contributed by atoms with Crippen molar-refractivity contribution in [3.05, 3.63) is 47.9 Å². The lowest BCUT2D eigenvalue weighted by atomic mass is 10.2. The van der Waals surface area contributed by atoms with Crippen LogP contribution in [0, 0.1) is 6.92 Å². The predicted octanol–water partition coefficient (Wildman–Crippen LogP) is 2.51. The van der Waals surface area contributed by atoms with Crippen LogP contribution in [0.4, 0.5) is 0 Å². The highest BCUT2D eigenvalue weighted by molar-refractivity contribution is 7.89. The van der Waals surface area contributed by atoms with Gasteiger partial charge in [-0.25, -0.2) is 13.1 Å². The third kappa shape index (κ3) is 4.09. The third-order valence-electron chi connectivity index (χ3n) is 3.15. The first-order valence-electron chi connectivity index (χ1n) is 6.69. The van der Waals surface area contributed by atoms with Gasteiger partial charge < -0.3 is 9.15 Å². The van der Waals surface area contributed by atoms with Gasteiger partial charge in [0.05, 0.1) is 18.3 Å². The number of nitrogens with one attached hydrogen (secondary N) is 1. The Bertz CT molecular complexity index is 678. The quantitative estimate of drug-likeness (QED) is 0.798. The molecule has 1 aromatic carbocycles. The molecule has 114 valence electrons. The average molecular weight is 309 g/mol. The van der Waals surface area contributed by atoms with E-state index in [2.05, 4.69) is 4.72 Å². The number of sulfonamides is 1. The van der Waals surface area contributed by atoms with E-state index in [1.165, 1.54) is 0 Å². The molecule has 21 heavy (non-hydrogen) atoms. The molecule has 0 amide bonds. The minimum atomic E-state index is -3.48. The molecule has 0 saturated carbocycles. The second kappa shape index (κ2) is 6.78. The number of ether oxygens (including phenoxy) is 1. The first kappa shape index (κ1) is 15.6. The lowest BCUT2D eigenvalue weighted by Gasteiger charge is -2.09. The van der Waals surface area contributed by atoms with Crippen molar-refractivity contribution in [1.29, 1.82) is 0 Å². The van der Waals surface area contributed by atoms with E-state index in [0.717, 1.165) is 11.3 Å².